The quantitative estimate of drug-likeness (QED) is 0.826. The zero-order chi connectivity index (χ0) is 17.3. The number of rotatable bonds is 6. The average Bonchev–Trinajstić information content (AvgIpc) is 3.35. The van der Waals surface area contributed by atoms with Gasteiger partial charge in [-0.2, -0.15) is 0 Å². The zero-order valence-electron chi connectivity index (χ0n) is 13.6. The minimum atomic E-state index is -3.31. The molecule has 0 spiro atoms. The minimum absolute atomic E-state index is 0.0358. The van der Waals surface area contributed by atoms with Crippen LogP contribution in [0.5, 0.6) is 0 Å². The molecule has 1 heterocycles. The number of hydrogen-bond acceptors (Lipinski definition) is 4. The fourth-order valence-corrected chi connectivity index (χ4v) is 4.86. The molecule has 3 rings (SSSR count). The maximum atomic E-state index is 12.1. The summed E-state index contributed by atoms with van der Waals surface area (Å²) in [6, 6.07) is 9.59. The molecular formula is C17H22N2O4S. The van der Waals surface area contributed by atoms with E-state index >= 15 is 0 Å². The molecule has 1 aromatic rings. The topological polar surface area (TPSA) is 83.6 Å². The third-order valence-electron chi connectivity index (χ3n) is 4.76. The van der Waals surface area contributed by atoms with E-state index in [0.717, 1.165) is 5.56 Å². The molecule has 1 N–H and O–H groups in total. The van der Waals surface area contributed by atoms with Gasteiger partial charge in [0.2, 0.25) is 11.8 Å². The van der Waals surface area contributed by atoms with Gasteiger partial charge in [-0.3, -0.25) is 9.59 Å². The van der Waals surface area contributed by atoms with Crippen molar-refractivity contribution in [2.45, 2.75) is 30.6 Å². The highest BCUT2D eigenvalue weighted by Crippen LogP contribution is 2.36. The van der Waals surface area contributed by atoms with Crippen LogP contribution in [0.3, 0.4) is 0 Å². The lowest BCUT2D eigenvalue weighted by molar-refractivity contribution is -0.127. The molecule has 1 aliphatic heterocycles. The Balaban J connectivity index is 1.63. The highest BCUT2D eigenvalue weighted by molar-refractivity contribution is 7.93. The van der Waals surface area contributed by atoms with E-state index < -0.39 is 21.5 Å². The van der Waals surface area contributed by atoms with Crippen molar-refractivity contribution in [1.82, 2.24) is 10.2 Å². The normalized spacial score (nSPS) is 24.2. The Kier molecular flexibility index (Phi) is 4.62. The largest absolute Gasteiger partial charge is 0.355 e. The van der Waals surface area contributed by atoms with Gasteiger partial charge in [-0.25, -0.2) is 8.42 Å². The molecular weight excluding hydrogens is 328 g/mol. The first-order chi connectivity index (χ1) is 11.4. The molecule has 0 radical (unpaired) electrons. The minimum Gasteiger partial charge on any atom is -0.355 e. The standard InChI is InChI=1S/C17H22N2O4S/c1-19-16(21)9-13(17(19)12-5-3-2-4-6-12)10-18-15(20)11-24(22,23)14-7-8-14/h2-6,13-14,17H,7-11H2,1H3,(H,18,20)/t13-,17-/m1/s1. The van der Waals surface area contributed by atoms with Gasteiger partial charge in [0.15, 0.2) is 9.84 Å². The highest BCUT2D eigenvalue weighted by atomic mass is 32.2. The van der Waals surface area contributed by atoms with Crippen molar-refractivity contribution in [3.8, 4) is 0 Å². The number of carbonyl (C=O) groups excluding carboxylic acids is 2. The van der Waals surface area contributed by atoms with E-state index in [0.29, 0.717) is 25.8 Å². The molecule has 1 aliphatic carbocycles. The molecule has 1 aromatic carbocycles. The molecule has 2 amide bonds. The van der Waals surface area contributed by atoms with E-state index in [9.17, 15) is 18.0 Å². The van der Waals surface area contributed by atoms with Gasteiger partial charge in [0.1, 0.15) is 5.75 Å². The fourth-order valence-electron chi connectivity index (χ4n) is 3.30. The number of carbonyl (C=O) groups is 2. The summed E-state index contributed by atoms with van der Waals surface area (Å²) in [4.78, 5) is 25.7. The first-order valence-corrected chi connectivity index (χ1v) is 9.89. The second-order valence-electron chi connectivity index (χ2n) is 6.64. The predicted octanol–water partition coefficient (Wildman–Crippen LogP) is 0.899. The number of amides is 2. The van der Waals surface area contributed by atoms with Crippen molar-refractivity contribution in [1.29, 1.82) is 0 Å². The summed E-state index contributed by atoms with van der Waals surface area (Å²) in [5, 5.41) is 2.37. The highest BCUT2D eigenvalue weighted by Gasteiger charge is 2.39. The smallest absolute Gasteiger partial charge is 0.235 e. The third-order valence-corrected chi connectivity index (χ3v) is 6.91. The third kappa shape index (κ3) is 3.61. The van der Waals surface area contributed by atoms with E-state index in [1.165, 1.54) is 0 Å². The SMILES string of the molecule is CN1C(=O)C[C@H](CNC(=O)CS(=O)(=O)C2CC2)[C@H]1c1ccccc1. The first-order valence-electron chi connectivity index (χ1n) is 8.17. The summed E-state index contributed by atoms with van der Waals surface area (Å²) >= 11 is 0. The van der Waals surface area contributed by atoms with Crippen molar-refractivity contribution in [3.63, 3.8) is 0 Å². The Hall–Kier alpha value is -1.89. The van der Waals surface area contributed by atoms with E-state index in [2.05, 4.69) is 5.32 Å². The Labute approximate surface area is 142 Å². The van der Waals surface area contributed by atoms with Crippen molar-refractivity contribution < 1.29 is 18.0 Å². The fraction of sp³-hybridized carbons (Fsp3) is 0.529. The van der Waals surface area contributed by atoms with Gasteiger partial charge < -0.3 is 10.2 Å². The summed E-state index contributed by atoms with van der Waals surface area (Å²) in [6.45, 7) is 0.300. The second kappa shape index (κ2) is 6.55. The molecule has 0 aromatic heterocycles. The molecule has 0 unspecified atom stereocenters. The van der Waals surface area contributed by atoms with Gasteiger partial charge in [0.25, 0.3) is 0 Å². The summed E-state index contributed by atoms with van der Waals surface area (Å²) in [5.41, 5.74) is 1.02. The van der Waals surface area contributed by atoms with E-state index in [-0.39, 0.29) is 23.1 Å². The van der Waals surface area contributed by atoms with Gasteiger partial charge in [0.05, 0.1) is 11.3 Å². The van der Waals surface area contributed by atoms with Crippen LogP contribution in [0, 0.1) is 5.92 Å². The van der Waals surface area contributed by atoms with Crippen LogP contribution < -0.4 is 5.32 Å². The van der Waals surface area contributed by atoms with Crippen molar-refractivity contribution in [2.75, 3.05) is 19.3 Å². The Morgan fingerprint density at radius 3 is 2.54 bits per heavy atom. The summed E-state index contributed by atoms with van der Waals surface area (Å²) in [7, 11) is -1.55. The van der Waals surface area contributed by atoms with Crippen LogP contribution in [0.4, 0.5) is 0 Å². The molecule has 2 atom stereocenters. The van der Waals surface area contributed by atoms with E-state index in [4.69, 9.17) is 0 Å². The van der Waals surface area contributed by atoms with Gasteiger partial charge in [-0.1, -0.05) is 30.3 Å². The lowest BCUT2D eigenvalue weighted by Crippen LogP contribution is -2.36. The summed E-state index contributed by atoms with van der Waals surface area (Å²) in [6.07, 6.45) is 1.67. The molecule has 2 fully saturated rings. The van der Waals surface area contributed by atoms with Crippen LogP contribution in [-0.4, -0.2) is 49.7 Å². The van der Waals surface area contributed by atoms with Crippen LogP contribution in [0.15, 0.2) is 30.3 Å². The molecule has 24 heavy (non-hydrogen) atoms. The number of nitrogens with zero attached hydrogens (tertiary/aromatic N) is 1. The maximum Gasteiger partial charge on any atom is 0.235 e. The molecule has 1 saturated carbocycles. The molecule has 1 saturated heterocycles. The van der Waals surface area contributed by atoms with Crippen LogP contribution in [0.2, 0.25) is 0 Å². The zero-order valence-corrected chi connectivity index (χ0v) is 14.5. The van der Waals surface area contributed by atoms with Gasteiger partial charge in [-0.05, 0) is 18.4 Å². The summed E-state index contributed by atoms with van der Waals surface area (Å²) < 4.78 is 23.7. The van der Waals surface area contributed by atoms with Gasteiger partial charge >= 0.3 is 0 Å². The van der Waals surface area contributed by atoms with Crippen LogP contribution in [0.25, 0.3) is 0 Å². The van der Waals surface area contributed by atoms with E-state index in [1.54, 1.807) is 11.9 Å². The Bertz CT molecular complexity index is 728. The van der Waals surface area contributed by atoms with Crippen LogP contribution in [-0.2, 0) is 19.4 Å². The number of likely N-dealkylation sites (tertiary alicyclic amines) is 1. The van der Waals surface area contributed by atoms with Crippen molar-refractivity contribution in [2.24, 2.45) is 5.92 Å². The Morgan fingerprint density at radius 1 is 1.25 bits per heavy atom. The molecule has 6 nitrogen and oxygen atoms in total. The maximum absolute atomic E-state index is 12.1. The van der Waals surface area contributed by atoms with Crippen molar-refractivity contribution >= 4 is 21.7 Å². The number of sulfone groups is 1. The molecule has 0 bridgehead atoms. The number of benzene rings is 1. The second-order valence-corrected chi connectivity index (χ2v) is 8.92. The monoisotopic (exact) mass is 350 g/mol. The lowest BCUT2D eigenvalue weighted by Gasteiger charge is -2.25. The first kappa shape index (κ1) is 17.0. The number of nitrogens with one attached hydrogen (secondary N) is 1. The molecule has 2 aliphatic rings. The Morgan fingerprint density at radius 2 is 1.92 bits per heavy atom. The summed E-state index contributed by atoms with van der Waals surface area (Å²) in [5.74, 6) is -0.952. The molecule has 7 heteroatoms. The van der Waals surface area contributed by atoms with Crippen LogP contribution in [0.1, 0.15) is 30.9 Å². The average molecular weight is 350 g/mol. The van der Waals surface area contributed by atoms with Gasteiger partial charge in [-0.15, -0.1) is 0 Å². The van der Waals surface area contributed by atoms with Gasteiger partial charge in [0, 0.05) is 25.9 Å². The van der Waals surface area contributed by atoms with Crippen molar-refractivity contribution in [3.05, 3.63) is 35.9 Å². The van der Waals surface area contributed by atoms with Crippen LogP contribution >= 0.6 is 0 Å². The van der Waals surface area contributed by atoms with E-state index in [1.807, 2.05) is 30.3 Å². The predicted molar refractivity (Wildman–Crippen MR) is 89.9 cm³/mol. The molecule has 130 valence electrons. The lowest BCUT2D eigenvalue weighted by atomic mass is 9.93. The number of hydrogen-bond donors (Lipinski definition) is 1.